The van der Waals surface area contributed by atoms with Gasteiger partial charge in [-0.25, -0.2) is 4.79 Å². The van der Waals surface area contributed by atoms with E-state index in [0.29, 0.717) is 4.88 Å². The van der Waals surface area contributed by atoms with Crippen LogP contribution in [0.15, 0.2) is 27.6 Å². The molecule has 0 aliphatic rings. The van der Waals surface area contributed by atoms with E-state index in [-0.39, 0.29) is 12.4 Å². The number of allylic oxidation sites excluding steroid dienone is 1. The summed E-state index contributed by atoms with van der Waals surface area (Å²) in [6.07, 6.45) is 1.36. The van der Waals surface area contributed by atoms with Crippen LogP contribution in [-0.2, 0) is 9.53 Å². The van der Waals surface area contributed by atoms with Gasteiger partial charge in [-0.05, 0) is 41.9 Å². The Morgan fingerprint density at radius 1 is 1.44 bits per heavy atom. The third-order valence-electron chi connectivity index (χ3n) is 1.60. The van der Waals surface area contributed by atoms with Crippen LogP contribution < -0.4 is 0 Å². The number of ether oxygens (including phenoxy) is 1. The van der Waals surface area contributed by atoms with E-state index in [2.05, 4.69) is 15.9 Å². The fourth-order valence-electron chi connectivity index (χ4n) is 0.949. The molecule has 0 saturated heterocycles. The zero-order valence-electron chi connectivity index (χ0n) is 8.95. The van der Waals surface area contributed by atoms with Crippen molar-refractivity contribution in [3.8, 4) is 0 Å². The summed E-state index contributed by atoms with van der Waals surface area (Å²) in [5.74, 6) is -0.671. The van der Waals surface area contributed by atoms with Crippen LogP contribution in [0.5, 0.6) is 0 Å². The zero-order chi connectivity index (χ0) is 12.1. The van der Waals surface area contributed by atoms with Crippen molar-refractivity contribution in [1.29, 1.82) is 0 Å². The van der Waals surface area contributed by atoms with Gasteiger partial charge in [0.15, 0.2) is 6.61 Å². The lowest BCUT2D eigenvalue weighted by atomic mass is 10.3. The first-order chi connectivity index (χ1) is 7.49. The fraction of sp³-hybridized carbons (Fsp3) is 0.273. The molecular weight excluding hydrogens is 292 g/mol. The van der Waals surface area contributed by atoms with Gasteiger partial charge in [-0.15, -0.1) is 11.3 Å². The van der Waals surface area contributed by atoms with Crippen molar-refractivity contribution in [2.75, 3.05) is 6.61 Å². The normalized spacial score (nSPS) is 9.69. The first kappa shape index (κ1) is 13.1. The zero-order valence-corrected chi connectivity index (χ0v) is 11.4. The number of ketones is 1. The molecule has 16 heavy (non-hydrogen) atoms. The Morgan fingerprint density at radius 3 is 2.62 bits per heavy atom. The first-order valence-electron chi connectivity index (χ1n) is 4.59. The molecule has 0 fully saturated rings. The van der Waals surface area contributed by atoms with Crippen LogP contribution in [0.25, 0.3) is 0 Å². The summed E-state index contributed by atoms with van der Waals surface area (Å²) >= 11 is 4.58. The Balaban J connectivity index is 2.48. The molecule has 0 unspecified atom stereocenters. The highest BCUT2D eigenvalue weighted by atomic mass is 79.9. The summed E-state index contributed by atoms with van der Waals surface area (Å²) in [6.45, 7) is 3.37. The van der Waals surface area contributed by atoms with E-state index >= 15 is 0 Å². The Bertz CT molecular complexity index is 430. The number of halogens is 1. The molecule has 1 heterocycles. The molecule has 0 bridgehead atoms. The average molecular weight is 303 g/mol. The van der Waals surface area contributed by atoms with E-state index < -0.39 is 5.97 Å². The monoisotopic (exact) mass is 302 g/mol. The van der Waals surface area contributed by atoms with Gasteiger partial charge >= 0.3 is 5.97 Å². The number of hydrogen-bond acceptors (Lipinski definition) is 4. The highest BCUT2D eigenvalue weighted by Gasteiger charge is 2.10. The molecule has 0 N–H and O–H groups in total. The summed E-state index contributed by atoms with van der Waals surface area (Å²) < 4.78 is 5.69. The van der Waals surface area contributed by atoms with Crippen molar-refractivity contribution >= 4 is 39.0 Å². The van der Waals surface area contributed by atoms with E-state index in [9.17, 15) is 9.59 Å². The van der Waals surface area contributed by atoms with Crippen LogP contribution in [0, 0.1) is 0 Å². The fourth-order valence-corrected chi connectivity index (χ4v) is 2.26. The van der Waals surface area contributed by atoms with E-state index in [0.717, 1.165) is 9.36 Å². The van der Waals surface area contributed by atoms with Gasteiger partial charge < -0.3 is 4.74 Å². The Morgan fingerprint density at radius 2 is 2.12 bits per heavy atom. The maximum atomic E-state index is 11.5. The van der Waals surface area contributed by atoms with Gasteiger partial charge in [0, 0.05) is 6.08 Å². The maximum absolute atomic E-state index is 11.5. The van der Waals surface area contributed by atoms with Crippen molar-refractivity contribution in [3.63, 3.8) is 0 Å². The molecule has 0 amide bonds. The van der Waals surface area contributed by atoms with Crippen molar-refractivity contribution in [2.45, 2.75) is 13.8 Å². The second-order valence-electron chi connectivity index (χ2n) is 3.36. The molecule has 0 spiro atoms. The highest BCUT2D eigenvalue weighted by Crippen LogP contribution is 2.22. The number of Topliss-reactive ketones (excluding diaryl/α,β-unsaturated/α-hetero) is 1. The number of hydrogen-bond donors (Lipinski definition) is 0. The minimum atomic E-state index is -0.482. The molecule has 1 aromatic heterocycles. The van der Waals surface area contributed by atoms with E-state index in [1.54, 1.807) is 26.0 Å². The molecular formula is C11H11BrO3S. The second kappa shape index (κ2) is 5.96. The van der Waals surface area contributed by atoms with E-state index in [1.807, 2.05) is 0 Å². The number of thiophene rings is 1. The standard InChI is InChI=1S/C11H11BrO3S/c1-7(2)5-11(14)15-6-8(13)9-3-4-10(12)16-9/h3-5H,6H2,1-2H3. The largest absolute Gasteiger partial charge is 0.454 e. The van der Waals surface area contributed by atoms with Gasteiger partial charge in [0.2, 0.25) is 5.78 Å². The molecule has 0 radical (unpaired) electrons. The van der Waals surface area contributed by atoms with Crippen LogP contribution in [0.1, 0.15) is 23.5 Å². The Labute approximate surface area is 106 Å². The number of carbonyl (C=O) groups excluding carboxylic acids is 2. The molecule has 3 nitrogen and oxygen atoms in total. The molecule has 0 aliphatic heterocycles. The molecule has 1 aromatic rings. The molecule has 86 valence electrons. The van der Waals surface area contributed by atoms with Crippen LogP contribution in [-0.4, -0.2) is 18.4 Å². The molecule has 0 aromatic carbocycles. The van der Waals surface area contributed by atoms with E-state index in [4.69, 9.17) is 4.74 Å². The quantitative estimate of drug-likeness (QED) is 0.487. The topological polar surface area (TPSA) is 43.4 Å². The second-order valence-corrected chi connectivity index (χ2v) is 5.82. The van der Waals surface area contributed by atoms with Gasteiger partial charge in [0.1, 0.15) is 0 Å². The van der Waals surface area contributed by atoms with Gasteiger partial charge in [-0.1, -0.05) is 5.57 Å². The Kier molecular flexibility index (Phi) is 4.89. The molecule has 0 aliphatic carbocycles. The maximum Gasteiger partial charge on any atom is 0.331 e. The molecule has 0 saturated carbocycles. The molecule has 5 heteroatoms. The lowest BCUT2D eigenvalue weighted by Crippen LogP contribution is -2.11. The number of esters is 1. The van der Waals surface area contributed by atoms with Crippen LogP contribution in [0.3, 0.4) is 0 Å². The third kappa shape index (κ3) is 4.28. The van der Waals surface area contributed by atoms with Crippen molar-refractivity contribution < 1.29 is 14.3 Å². The predicted octanol–water partition coefficient (Wildman–Crippen LogP) is 3.20. The van der Waals surface area contributed by atoms with Gasteiger partial charge in [-0.2, -0.15) is 0 Å². The summed E-state index contributed by atoms with van der Waals surface area (Å²) in [7, 11) is 0. The summed E-state index contributed by atoms with van der Waals surface area (Å²) in [5, 5.41) is 0. The van der Waals surface area contributed by atoms with Gasteiger partial charge in [0.25, 0.3) is 0 Å². The van der Waals surface area contributed by atoms with Crippen molar-refractivity contribution in [2.24, 2.45) is 0 Å². The van der Waals surface area contributed by atoms with Crippen molar-refractivity contribution in [3.05, 3.63) is 32.4 Å². The molecule has 1 rings (SSSR count). The van der Waals surface area contributed by atoms with Gasteiger partial charge in [-0.3, -0.25) is 4.79 Å². The predicted molar refractivity (Wildman–Crippen MR) is 66.7 cm³/mol. The van der Waals surface area contributed by atoms with Crippen LogP contribution in [0.4, 0.5) is 0 Å². The minimum absolute atomic E-state index is 0.189. The lowest BCUT2D eigenvalue weighted by Gasteiger charge is -1.99. The van der Waals surface area contributed by atoms with Crippen molar-refractivity contribution in [1.82, 2.24) is 0 Å². The first-order valence-corrected chi connectivity index (χ1v) is 6.20. The smallest absolute Gasteiger partial charge is 0.331 e. The highest BCUT2D eigenvalue weighted by molar-refractivity contribution is 9.11. The summed E-state index contributed by atoms with van der Waals surface area (Å²) in [6, 6.07) is 3.49. The van der Waals surface area contributed by atoms with Gasteiger partial charge in [0.05, 0.1) is 8.66 Å². The third-order valence-corrected chi connectivity index (χ3v) is 3.26. The van der Waals surface area contributed by atoms with Crippen LogP contribution in [0.2, 0.25) is 0 Å². The lowest BCUT2D eigenvalue weighted by molar-refractivity contribution is -0.136. The number of rotatable bonds is 4. The van der Waals surface area contributed by atoms with Crippen LogP contribution >= 0.6 is 27.3 Å². The minimum Gasteiger partial charge on any atom is -0.454 e. The summed E-state index contributed by atoms with van der Waals surface area (Å²) in [4.78, 5) is 23.3. The van der Waals surface area contributed by atoms with E-state index in [1.165, 1.54) is 17.4 Å². The number of carbonyl (C=O) groups is 2. The average Bonchev–Trinajstić information content (AvgIpc) is 2.60. The SMILES string of the molecule is CC(C)=CC(=O)OCC(=O)c1ccc(Br)s1. The molecule has 0 atom stereocenters. The Hall–Kier alpha value is -0.940. The summed E-state index contributed by atoms with van der Waals surface area (Å²) in [5.41, 5.74) is 0.844.